The van der Waals surface area contributed by atoms with Gasteiger partial charge in [-0.1, -0.05) is 19.1 Å². The van der Waals surface area contributed by atoms with Crippen molar-refractivity contribution in [3.05, 3.63) is 29.8 Å². The van der Waals surface area contributed by atoms with E-state index in [4.69, 9.17) is 0 Å². The molecule has 0 amide bonds. The van der Waals surface area contributed by atoms with Crippen LogP contribution in [0.4, 0.5) is 0 Å². The van der Waals surface area contributed by atoms with Gasteiger partial charge in [0.25, 0.3) is 0 Å². The molecule has 0 aliphatic heterocycles. The molecular formula is C9H11NS2. The lowest BCUT2D eigenvalue weighted by Crippen LogP contribution is -1.61. The van der Waals surface area contributed by atoms with E-state index >= 15 is 0 Å². The first-order valence-electron chi connectivity index (χ1n) is 3.77. The predicted octanol–water partition coefficient (Wildman–Crippen LogP) is 3.23. The summed E-state index contributed by atoms with van der Waals surface area (Å²) in [5.74, 6) is 0.944. The number of thiazole rings is 1. The molecule has 0 saturated heterocycles. The molecule has 0 aliphatic carbocycles. The summed E-state index contributed by atoms with van der Waals surface area (Å²) in [6, 6.07) is 8.13. The van der Waals surface area contributed by atoms with Crippen molar-refractivity contribution in [3.63, 3.8) is 0 Å². The fourth-order valence-corrected chi connectivity index (χ4v) is 1.48. The van der Waals surface area contributed by atoms with Gasteiger partial charge in [-0.3, -0.25) is 0 Å². The Morgan fingerprint density at radius 2 is 2.08 bits per heavy atom. The SMILES string of the molecule is CCS.c1ccc2scnc2c1. The lowest BCUT2D eigenvalue weighted by molar-refractivity contribution is 1.50. The van der Waals surface area contributed by atoms with E-state index in [1.54, 1.807) is 11.3 Å². The summed E-state index contributed by atoms with van der Waals surface area (Å²) in [4.78, 5) is 4.14. The first kappa shape index (κ1) is 9.55. The van der Waals surface area contributed by atoms with Gasteiger partial charge in [-0.05, 0) is 17.9 Å². The van der Waals surface area contributed by atoms with Crippen LogP contribution in [-0.2, 0) is 0 Å². The van der Waals surface area contributed by atoms with Crippen LogP contribution in [0.2, 0.25) is 0 Å². The molecule has 0 bridgehead atoms. The van der Waals surface area contributed by atoms with Crippen molar-refractivity contribution in [2.24, 2.45) is 0 Å². The van der Waals surface area contributed by atoms with E-state index in [1.165, 1.54) is 4.70 Å². The standard InChI is InChI=1S/C7H5NS.C2H6S/c1-2-4-7-6(3-1)8-5-9-7;1-2-3/h1-5H;3H,2H2,1H3. The van der Waals surface area contributed by atoms with Gasteiger partial charge in [-0.2, -0.15) is 12.6 Å². The van der Waals surface area contributed by atoms with Crippen LogP contribution in [0.1, 0.15) is 6.92 Å². The van der Waals surface area contributed by atoms with Crippen LogP contribution in [0.3, 0.4) is 0 Å². The van der Waals surface area contributed by atoms with Crippen LogP contribution < -0.4 is 0 Å². The van der Waals surface area contributed by atoms with Gasteiger partial charge in [0.1, 0.15) is 0 Å². The predicted molar refractivity (Wildman–Crippen MR) is 59.1 cm³/mol. The van der Waals surface area contributed by atoms with Gasteiger partial charge in [-0.25, -0.2) is 4.98 Å². The van der Waals surface area contributed by atoms with E-state index in [-0.39, 0.29) is 0 Å². The molecule has 0 fully saturated rings. The van der Waals surface area contributed by atoms with E-state index in [0.717, 1.165) is 11.3 Å². The molecule has 1 heterocycles. The van der Waals surface area contributed by atoms with Gasteiger partial charge >= 0.3 is 0 Å². The monoisotopic (exact) mass is 197 g/mol. The molecule has 1 nitrogen and oxygen atoms in total. The fraction of sp³-hybridized carbons (Fsp3) is 0.222. The lowest BCUT2D eigenvalue weighted by atomic mass is 10.3. The second kappa shape index (κ2) is 5.17. The molecule has 1 aromatic heterocycles. The Bertz CT molecular complexity index is 300. The van der Waals surface area contributed by atoms with Crippen LogP contribution in [0.15, 0.2) is 29.8 Å². The van der Waals surface area contributed by atoms with Crippen molar-refractivity contribution in [2.75, 3.05) is 5.75 Å². The third kappa shape index (κ3) is 2.50. The summed E-state index contributed by atoms with van der Waals surface area (Å²) in [7, 11) is 0. The molecular weight excluding hydrogens is 186 g/mol. The highest BCUT2D eigenvalue weighted by Gasteiger charge is 1.89. The molecule has 0 unspecified atom stereocenters. The zero-order valence-electron chi connectivity index (χ0n) is 6.90. The van der Waals surface area contributed by atoms with E-state index in [9.17, 15) is 0 Å². The van der Waals surface area contributed by atoms with Crippen molar-refractivity contribution in [1.82, 2.24) is 4.98 Å². The second-order valence-electron chi connectivity index (χ2n) is 2.14. The van der Waals surface area contributed by atoms with Gasteiger partial charge in [0.2, 0.25) is 0 Å². The first-order valence-corrected chi connectivity index (χ1v) is 5.28. The summed E-state index contributed by atoms with van der Waals surface area (Å²) in [6.07, 6.45) is 0. The Balaban J connectivity index is 0.000000213. The summed E-state index contributed by atoms with van der Waals surface area (Å²) >= 11 is 5.46. The van der Waals surface area contributed by atoms with E-state index in [1.807, 2.05) is 30.6 Å². The van der Waals surface area contributed by atoms with Gasteiger partial charge in [-0.15, -0.1) is 11.3 Å². The van der Waals surface area contributed by atoms with E-state index < -0.39 is 0 Å². The Hall–Kier alpha value is -0.540. The highest BCUT2D eigenvalue weighted by Crippen LogP contribution is 2.15. The molecule has 2 rings (SSSR count). The minimum absolute atomic E-state index is 0.944. The zero-order valence-corrected chi connectivity index (χ0v) is 8.61. The van der Waals surface area contributed by atoms with Gasteiger partial charge in [0.05, 0.1) is 15.7 Å². The molecule has 1 aromatic carbocycles. The van der Waals surface area contributed by atoms with Crippen molar-refractivity contribution in [1.29, 1.82) is 0 Å². The van der Waals surface area contributed by atoms with Crippen LogP contribution in [0.5, 0.6) is 0 Å². The average molecular weight is 197 g/mol. The Morgan fingerprint density at radius 3 is 2.75 bits per heavy atom. The normalized spacial score (nSPS) is 9.17. The average Bonchev–Trinajstić information content (AvgIpc) is 2.52. The Morgan fingerprint density at radius 1 is 1.42 bits per heavy atom. The molecule has 0 aliphatic rings. The molecule has 64 valence electrons. The van der Waals surface area contributed by atoms with Crippen LogP contribution in [0.25, 0.3) is 10.2 Å². The molecule has 3 heteroatoms. The molecule has 0 spiro atoms. The lowest BCUT2D eigenvalue weighted by Gasteiger charge is -1.80. The summed E-state index contributed by atoms with van der Waals surface area (Å²) in [5, 5.41) is 0. The van der Waals surface area contributed by atoms with E-state index in [2.05, 4.69) is 23.7 Å². The molecule has 0 atom stereocenters. The van der Waals surface area contributed by atoms with E-state index in [0.29, 0.717) is 0 Å². The molecule has 2 aromatic rings. The number of fused-ring (bicyclic) bond motifs is 1. The van der Waals surface area contributed by atoms with Gasteiger partial charge in [0.15, 0.2) is 0 Å². The third-order valence-corrected chi connectivity index (χ3v) is 2.05. The summed E-state index contributed by atoms with van der Waals surface area (Å²) in [6.45, 7) is 1.99. The van der Waals surface area contributed by atoms with Crippen LogP contribution >= 0.6 is 24.0 Å². The maximum atomic E-state index is 4.14. The third-order valence-electron chi connectivity index (χ3n) is 1.24. The number of aromatic nitrogens is 1. The largest absolute Gasteiger partial charge is 0.245 e. The van der Waals surface area contributed by atoms with Crippen LogP contribution in [0, 0.1) is 0 Å². The molecule has 0 saturated carbocycles. The van der Waals surface area contributed by atoms with Crippen molar-refractivity contribution in [2.45, 2.75) is 6.92 Å². The number of hydrogen-bond donors (Lipinski definition) is 1. The van der Waals surface area contributed by atoms with Crippen molar-refractivity contribution < 1.29 is 0 Å². The Labute approximate surface area is 81.9 Å². The summed E-state index contributed by atoms with van der Waals surface area (Å²) < 4.78 is 1.26. The van der Waals surface area contributed by atoms with Gasteiger partial charge in [0, 0.05) is 0 Å². The fourth-order valence-electron chi connectivity index (χ4n) is 0.803. The maximum Gasteiger partial charge on any atom is 0.0812 e. The van der Waals surface area contributed by atoms with Crippen LogP contribution in [-0.4, -0.2) is 10.7 Å². The topological polar surface area (TPSA) is 12.9 Å². The van der Waals surface area contributed by atoms with Crippen molar-refractivity contribution in [3.8, 4) is 0 Å². The minimum Gasteiger partial charge on any atom is -0.245 e. The minimum atomic E-state index is 0.944. The second-order valence-corrected chi connectivity index (χ2v) is 3.66. The molecule has 0 N–H and O–H groups in total. The highest BCUT2D eigenvalue weighted by atomic mass is 32.1. The Kier molecular flexibility index (Phi) is 4.11. The number of para-hydroxylation sites is 1. The smallest absolute Gasteiger partial charge is 0.0812 e. The summed E-state index contributed by atoms with van der Waals surface area (Å²) in [5.41, 5.74) is 2.97. The maximum absolute atomic E-state index is 4.14. The number of hydrogen-bond acceptors (Lipinski definition) is 3. The molecule has 12 heavy (non-hydrogen) atoms. The first-order chi connectivity index (χ1) is 5.88. The quantitative estimate of drug-likeness (QED) is 0.640. The number of nitrogens with zero attached hydrogens (tertiary/aromatic N) is 1. The zero-order chi connectivity index (χ0) is 8.81. The van der Waals surface area contributed by atoms with Crippen molar-refractivity contribution >= 4 is 34.2 Å². The number of benzene rings is 1. The molecule has 0 radical (unpaired) electrons. The van der Waals surface area contributed by atoms with Gasteiger partial charge < -0.3 is 0 Å². The number of thiol groups is 1. The highest BCUT2D eigenvalue weighted by molar-refractivity contribution is 7.80. The number of rotatable bonds is 0.